The van der Waals surface area contributed by atoms with Gasteiger partial charge in [0, 0.05) is 11.8 Å². The van der Waals surface area contributed by atoms with Gasteiger partial charge in [0.1, 0.15) is 5.82 Å². The summed E-state index contributed by atoms with van der Waals surface area (Å²) in [5.41, 5.74) is 0.973. The second kappa shape index (κ2) is 10.2. The number of amides is 1. The van der Waals surface area contributed by atoms with Gasteiger partial charge in [-0.15, -0.1) is 0 Å². The molecular weight excluding hydrogens is 353 g/mol. The van der Waals surface area contributed by atoms with E-state index in [-0.39, 0.29) is 6.42 Å². The molecule has 0 saturated heterocycles. The quantitative estimate of drug-likeness (QED) is 0.681. The van der Waals surface area contributed by atoms with Crippen LogP contribution in [0, 0.1) is 5.82 Å². The van der Waals surface area contributed by atoms with Crippen molar-refractivity contribution in [2.75, 3.05) is 25.1 Å². The van der Waals surface area contributed by atoms with E-state index in [1.807, 2.05) is 13.8 Å². The zero-order chi connectivity index (χ0) is 19.6. The lowest BCUT2D eigenvalue weighted by molar-refractivity contribution is -0.146. The third-order valence-corrected chi connectivity index (χ3v) is 3.43. The van der Waals surface area contributed by atoms with E-state index in [4.69, 9.17) is 14.2 Å². The smallest absolute Gasteiger partial charge is 0.310 e. The molecule has 2 aromatic carbocycles. The number of carbonyl (C=O) groups excluding carboxylic acids is 2. The molecule has 0 heterocycles. The molecule has 0 unspecified atom stereocenters. The number of ether oxygens (including phenoxy) is 3. The van der Waals surface area contributed by atoms with Gasteiger partial charge in [-0.3, -0.25) is 9.59 Å². The summed E-state index contributed by atoms with van der Waals surface area (Å²) in [6.07, 6.45) is -0.109. The minimum atomic E-state index is -0.613. The van der Waals surface area contributed by atoms with E-state index >= 15 is 0 Å². The van der Waals surface area contributed by atoms with Gasteiger partial charge in [-0.25, -0.2) is 4.39 Å². The first-order chi connectivity index (χ1) is 13.0. The number of hydrogen-bond acceptors (Lipinski definition) is 5. The average molecular weight is 375 g/mol. The van der Waals surface area contributed by atoms with Crippen LogP contribution in [0.5, 0.6) is 11.5 Å². The molecule has 0 spiro atoms. The Labute approximate surface area is 157 Å². The number of carbonyl (C=O) groups is 2. The van der Waals surface area contributed by atoms with Gasteiger partial charge < -0.3 is 19.5 Å². The standard InChI is InChI=1S/C20H22FNO5/c1-3-25-17-9-8-16(12-18(17)26-4-2)22-19(23)13-27-20(24)11-14-6-5-7-15(21)10-14/h5-10,12H,3-4,11,13H2,1-2H3,(H,22,23). The average Bonchev–Trinajstić information content (AvgIpc) is 2.62. The SMILES string of the molecule is CCOc1ccc(NC(=O)COC(=O)Cc2cccc(F)c2)cc1OCC. The summed E-state index contributed by atoms with van der Waals surface area (Å²) >= 11 is 0. The number of nitrogens with one attached hydrogen (secondary N) is 1. The van der Waals surface area contributed by atoms with Gasteiger partial charge in [0.25, 0.3) is 5.91 Å². The van der Waals surface area contributed by atoms with Gasteiger partial charge in [-0.2, -0.15) is 0 Å². The predicted molar refractivity (Wildman–Crippen MR) is 98.5 cm³/mol. The van der Waals surface area contributed by atoms with Crippen molar-refractivity contribution in [3.05, 3.63) is 53.8 Å². The van der Waals surface area contributed by atoms with E-state index in [2.05, 4.69) is 5.32 Å². The van der Waals surface area contributed by atoms with Crippen LogP contribution in [0.3, 0.4) is 0 Å². The summed E-state index contributed by atoms with van der Waals surface area (Å²) in [5, 5.41) is 2.63. The predicted octanol–water partition coefficient (Wildman–Crippen LogP) is 3.35. The summed E-state index contributed by atoms with van der Waals surface area (Å²) in [6.45, 7) is 4.22. The van der Waals surface area contributed by atoms with Crippen molar-refractivity contribution in [3.63, 3.8) is 0 Å². The molecule has 7 heteroatoms. The molecule has 0 aromatic heterocycles. The minimum Gasteiger partial charge on any atom is -0.490 e. The van der Waals surface area contributed by atoms with Gasteiger partial charge in [0.15, 0.2) is 18.1 Å². The van der Waals surface area contributed by atoms with Crippen molar-refractivity contribution in [1.29, 1.82) is 0 Å². The van der Waals surface area contributed by atoms with Crippen LogP contribution < -0.4 is 14.8 Å². The monoisotopic (exact) mass is 375 g/mol. The van der Waals surface area contributed by atoms with Crippen molar-refractivity contribution in [3.8, 4) is 11.5 Å². The van der Waals surface area contributed by atoms with Crippen molar-refractivity contribution < 1.29 is 28.2 Å². The first-order valence-corrected chi connectivity index (χ1v) is 8.61. The van der Waals surface area contributed by atoms with Crippen LogP contribution in [0.2, 0.25) is 0 Å². The fraction of sp³-hybridized carbons (Fsp3) is 0.300. The lowest BCUT2D eigenvalue weighted by atomic mass is 10.1. The molecule has 0 radical (unpaired) electrons. The Kier molecular flexibility index (Phi) is 7.61. The van der Waals surface area contributed by atoms with Crippen LogP contribution in [0.4, 0.5) is 10.1 Å². The van der Waals surface area contributed by atoms with Crippen LogP contribution in [0.1, 0.15) is 19.4 Å². The third kappa shape index (κ3) is 6.62. The molecule has 0 aliphatic heterocycles. The lowest BCUT2D eigenvalue weighted by Crippen LogP contribution is -2.21. The molecule has 0 bridgehead atoms. The van der Waals surface area contributed by atoms with Gasteiger partial charge >= 0.3 is 5.97 Å². The molecule has 144 valence electrons. The molecule has 0 aliphatic rings. The Morgan fingerprint density at radius 3 is 2.44 bits per heavy atom. The summed E-state index contributed by atoms with van der Waals surface area (Å²) < 4.78 is 29.0. The zero-order valence-corrected chi connectivity index (χ0v) is 15.3. The third-order valence-electron chi connectivity index (χ3n) is 3.43. The summed E-state index contributed by atoms with van der Waals surface area (Å²) in [6, 6.07) is 10.7. The molecule has 0 atom stereocenters. The fourth-order valence-electron chi connectivity index (χ4n) is 2.34. The second-order valence-electron chi connectivity index (χ2n) is 5.54. The van der Waals surface area contributed by atoms with Crippen molar-refractivity contribution >= 4 is 17.6 Å². The number of hydrogen-bond donors (Lipinski definition) is 1. The highest BCUT2D eigenvalue weighted by Gasteiger charge is 2.11. The topological polar surface area (TPSA) is 73.9 Å². The van der Waals surface area contributed by atoms with E-state index in [1.165, 1.54) is 18.2 Å². The van der Waals surface area contributed by atoms with Crippen LogP contribution in [-0.2, 0) is 20.7 Å². The van der Waals surface area contributed by atoms with Crippen LogP contribution in [0.15, 0.2) is 42.5 Å². The van der Waals surface area contributed by atoms with Crippen molar-refractivity contribution in [1.82, 2.24) is 0 Å². The highest BCUT2D eigenvalue weighted by atomic mass is 19.1. The van der Waals surface area contributed by atoms with Crippen LogP contribution in [0.25, 0.3) is 0 Å². The van der Waals surface area contributed by atoms with Crippen LogP contribution >= 0.6 is 0 Å². The van der Waals surface area contributed by atoms with Gasteiger partial charge in [0.2, 0.25) is 0 Å². The number of anilines is 1. The molecule has 27 heavy (non-hydrogen) atoms. The lowest BCUT2D eigenvalue weighted by Gasteiger charge is -2.13. The maximum atomic E-state index is 13.1. The number of esters is 1. The van der Waals surface area contributed by atoms with Gasteiger partial charge in [0.05, 0.1) is 19.6 Å². The largest absolute Gasteiger partial charge is 0.490 e. The molecule has 0 fully saturated rings. The van der Waals surface area contributed by atoms with E-state index in [1.54, 1.807) is 24.3 Å². The Hall–Kier alpha value is -3.09. The number of benzene rings is 2. The van der Waals surface area contributed by atoms with E-state index in [0.717, 1.165) is 0 Å². The first-order valence-electron chi connectivity index (χ1n) is 8.61. The molecule has 0 saturated carbocycles. The summed E-state index contributed by atoms with van der Waals surface area (Å²) in [4.78, 5) is 23.8. The van der Waals surface area contributed by atoms with Gasteiger partial charge in [-0.1, -0.05) is 12.1 Å². The Morgan fingerprint density at radius 2 is 1.74 bits per heavy atom. The zero-order valence-electron chi connectivity index (χ0n) is 15.3. The molecule has 0 aliphatic carbocycles. The summed E-state index contributed by atoms with van der Waals surface area (Å²) in [7, 11) is 0. The number of rotatable bonds is 9. The second-order valence-corrected chi connectivity index (χ2v) is 5.54. The molecule has 2 rings (SSSR count). The first kappa shape index (κ1) is 20.2. The maximum Gasteiger partial charge on any atom is 0.310 e. The summed E-state index contributed by atoms with van der Waals surface area (Å²) in [5.74, 6) is -0.440. The van der Waals surface area contributed by atoms with Crippen molar-refractivity contribution in [2.45, 2.75) is 20.3 Å². The van der Waals surface area contributed by atoms with Gasteiger partial charge in [-0.05, 0) is 43.7 Å². The highest BCUT2D eigenvalue weighted by molar-refractivity contribution is 5.93. The van der Waals surface area contributed by atoms with E-state index < -0.39 is 24.3 Å². The van der Waals surface area contributed by atoms with Crippen molar-refractivity contribution in [2.24, 2.45) is 0 Å². The fourth-order valence-corrected chi connectivity index (χ4v) is 2.34. The Bertz CT molecular complexity index is 794. The Balaban J connectivity index is 1.87. The maximum absolute atomic E-state index is 13.1. The molecule has 1 amide bonds. The molecule has 2 aromatic rings. The molecule has 1 N–H and O–H groups in total. The number of halogens is 1. The normalized spacial score (nSPS) is 10.2. The molecule has 6 nitrogen and oxygen atoms in total. The molecular formula is C20H22FNO5. The Morgan fingerprint density at radius 1 is 1.00 bits per heavy atom. The highest BCUT2D eigenvalue weighted by Crippen LogP contribution is 2.30. The minimum absolute atomic E-state index is 0.109. The van der Waals surface area contributed by atoms with E-state index in [9.17, 15) is 14.0 Å². The van der Waals surface area contributed by atoms with Crippen LogP contribution in [-0.4, -0.2) is 31.7 Å². The van der Waals surface area contributed by atoms with E-state index in [0.29, 0.717) is 36.0 Å².